The lowest BCUT2D eigenvalue weighted by atomic mass is 10.1. The summed E-state index contributed by atoms with van der Waals surface area (Å²) in [7, 11) is -5.18. The molecule has 0 aromatic heterocycles. The van der Waals surface area contributed by atoms with Crippen molar-refractivity contribution in [1.29, 1.82) is 0 Å². The Bertz CT molecular complexity index is 410. The zero-order chi connectivity index (χ0) is 27.9. The molecule has 3 nitrogen and oxygen atoms in total. The molecule has 0 fully saturated rings. The largest absolute Gasteiger partial charge is 0.357 e. The van der Waals surface area contributed by atoms with E-state index in [0.717, 1.165) is 0 Å². The first-order chi connectivity index (χ1) is 18.7. The fourth-order valence-electron chi connectivity index (χ4n) is 5.43. The molecule has 0 heterocycles. The molecule has 0 aliphatic heterocycles. The topological polar surface area (TPSA) is 35.5 Å². The van der Waals surface area contributed by atoms with E-state index < -0.39 is 26.3 Å². The van der Waals surface area contributed by atoms with Gasteiger partial charge in [0.1, 0.15) is 0 Å². The third kappa shape index (κ3) is 28.1. The minimum atomic E-state index is -2.32. The quantitative estimate of drug-likeness (QED) is 0.0444. The average molecular weight is 591 g/mol. The molecule has 230 valence electrons. The van der Waals surface area contributed by atoms with Gasteiger partial charge >= 0.3 is 0 Å². The van der Waals surface area contributed by atoms with Crippen molar-refractivity contribution in [3.63, 3.8) is 0 Å². The van der Waals surface area contributed by atoms with Crippen molar-refractivity contribution < 1.29 is 13.0 Å². The van der Waals surface area contributed by atoms with E-state index in [-0.39, 0.29) is 0 Å². The summed E-state index contributed by atoms with van der Waals surface area (Å²) in [4.78, 5) is 0. The molecule has 0 saturated heterocycles. The molecule has 0 radical (unpaired) electrons. The van der Waals surface area contributed by atoms with Crippen molar-refractivity contribution >= 4 is 26.3 Å². The van der Waals surface area contributed by atoms with Gasteiger partial charge in [-0.2, -0.15) is 0 Å². The van der Waals surface area contributed by atoms with E-state index in [9.17, 15) is 4.57 Å². The van der Waals surface area contributed by atoms with Crippen LogP contribution in [-0.2, 0) is 13.0 Å². The van der Waals surface area contributed by atoms with E-state index in [0.29, 0.717) is 0 Å². The van der Waals surface area contributed by atoms with E-state index >= 15 is 0 Å². The Morgan fingerprint density at radius 1 is 0.368 bits per heavy atom. The zero-order valence-electron chi connectivity index (χ0n) is 26.7. The number of hydrogen-bond donors (Lipinski definition) is 0. The van der Waals surface area contributed by atoms with Crippen LogP contribution in [0, 0.1) is 0 Å². The van der Waals surface area contributed by atoms with Crippen LogP contribution in [-0.4, -0.2) is 18.1 Å². The Morgan fingerprint density at radius 3 is 0.816 bits per heavy atom. The Labute approximate surface area is 244 Å². The molecule has 0 aromatic rings. The SMILES string of the molecule is CCCCCCCC[SiH](CCCCCCCC)O[PH](=O)O[SiH](CCCCCCCC)CCCCCCCC. The molecule has 38 heavy (non-hydrogen) atoms. The first-order valence-electron chi connectivity index (χ1n) is 17.5. The summed E-state index contributed by atoms with van der Waals surface area (Å²) in [6.07, 6.45) is 31.9. The van der Waals surface area contributed by atoms with Gasteiger partial charge in [-0.3, -0.25) is 4.57 Å². The van der Waals surface area contributed by atoms with Crippen LogP contribution < -0.4 is 0 Å². The van der Waals surface area contributed by atoms with Crippen LogP contribution in [0.5, 0.6) is 0 Å². The molecule has 0 aliphatic rings. The lowest BCUT2D eigenvalue weighted by Gasteiger charge is -2.20. The van der Waals surface area contributed by atoms with E-state index in [1.54, 1.807) is 0 Å². The van der Waals surface area contributed by atoms with Crippen LogP contribution in [0.1, 0.15) is 182 Å². The maximum atomic E-state index is 13.2. The molecule has 0 spiro atoms. The molecule has 0 saturated carbocycles. The third-order valence-electron chi connectivity index (χ3n) is 8.04. The average Bonchev–Trinajstić information content (AvgIpc) is 2.91. The molecular weight excluding hydrogens is 519 g/mol. The Balaban J connectivity index is 4.64. The van der Waals surface area contributed by atoms with Crippen molar-refractivity contribution in [2.24, 2.45) is 0 Å². The minimum Gasteiger partial charge on any atom is -0.357 e. The summed E-state index contributed by atoms with van der Waals surface area (Å²) in [5.74, 6) is 0. The van der Waals surface area contributed by atoms with E-state index in [4.69, 9.17) is 8.43 Å². The van der Waals surface area contributed by atoms with Gasteiger partial charge in [0.05, 0.1) is 0 Å². The summed E-state index contributed by atoms with van der Waals surface area (Å²) in [6.45, 7) is 9.13. The molecule has 0 bridgehead atoms. The molecular formula is C32H71O3PSi2. The Kier molecular flexibility index (Phi) is 32.6. The highest BCUT2D eigenvalue weighted by atomic mass is 31.1. The van der Waals surface area contributed by atoms with Gasteiger partial charge in [-0.05, 0) is 24.2 Å². The second kappa shape index (κ2) is 32.1. The fraction of sp³-hybridized carbons (Fsp3) is 1.00. The van der Waals surface area contributed by atoms with Crippen LogP contribution >= 0.6 is 8.25 Å². The molecule has 0 amide bonds. The highest BCUT2D eigenvalue weighted by Crippen LogP contribution is 2.33. The summed E-state index contributed by atoms with van der Waals surface area (Å²) in [6, 6.07) is 4.79. The van der Waals surface area contributed by atoms with Crippen molar-refractivity contribution in [3.05, 3.63) is 0 Å². The highest BCUT2D eigenvalue weighted by Gasteiger charge is 2.20. The molecule has 0 aromatic carbocycles. The lowest BCUT2D eigenvalue weighted by Crippen LogP contribution is -2.18. The first-order valence-corrected chi connectivity index (χ1v) is 23.0. The standard InChI is InChI=1S/C32H71O3PSi2/c1-5-9-13-17-21-25-29-37(30-26-22-18-14-10-6-2)34-36(33)35-38(31-27-23-19-15-11-7-3)32-28-24-20-16-12-8-4/h36-38H,5-32H2,1-4H3. The maximum Gasteiger partial charge on any atom is 0.299 e. The molecule has 0 aliphatic carbocycles. The van der Waals surface area contributed by atoms with Gasteiger partial charge in [-0.25, -0.2) is 0 Å². The summed E-state index contributed by atoms with van der Waals surface area (Å²) >= 11 is 0. The van der Waals surface area contributed by atoms with E-state index in [1.165, 1.54) is 178 Å². The minimum absolute atomic E-state index is 1.20. The first kappa shape index (κ1) is 38.6. The van der Waals surface area contributed by atoms with Gasteiger partial charge in [0.2, 0.25) is 0 Å². The predicted molar refractivity (Wildman–Crippen MR) is 178 cm³/mol. The summed E-state index contributed by atoms with van der Waals surface area (Å²) < 4.78 is 25.9. The number of hydrogen-bond acceptors (Lipinski definition) is 3. The summed E-state index contributed by atoms with van der Waals surface area (Å²) in [5.41, 5.74) is 0. The third-order valence-corrected chi connectivity index (χ3v) is 16.5. The second-order valence-electron chi connectivity index (χ2n) is 12.0. The normalized spacial score (nSPS) is 12.0. The summed E-state index contributed by atoms with van der Waals surface area (Å²) in [5, 5.41) is 0. The van der Waals surface area contributed by atoms with Gasteiger partial charge in [0.15, 0.2) is 18.1 Å². The van der Waals surface area contributed by atoms with Crippen molar-refractivity contribution in [1.82, 2.24) is 0 Å². The van der Waals surface area contributed by atoms with Gasteiger partial charge in [-0.15, -0.1) is 0 Å². The second-order valence-corrected chi connectivity index (χ2v) is 19.1. The molecule has 0 N–H and O–H groups in total. The molecule has 6 heteroatoms. The maximum absolute atomic E-state index is 13.2. The van der Waals surface area contributed by atoms with E-state index in [2.05, 4.69) is 27.7 Å². The van der Waals surface area contributed by atoms with Crippen molar-refractivity contribution in [2.45, 2.75) is 206 Å². The zero-order valence-corrected chi connectivity index (χ0v) is 30.0. The van der Waals surface area contributed by atoms with Gasteiger partial charge in [-0.1, -0.05) is 182 Å². The van der Waals surface area contributed by atoms with Crippen LogP contribution in [0.3, 0.4) is 0 Å². The molecule has 0 rings (SSSR count). The number of unbranched alkanes of at least 4 members (excludes halogenated alkanes) is 20. The number of rotatable bonds is 32. The predicted octanol–water partition coefficient (Wildman–Crippen LogP) is 12.3. The smallest absolute Gasteiger partial charge is 0.299 e. The highest BCUT2D eigenvalue weighted by molar-refractivity contribution is 7.37. The van der Waals surface area contributed by atoms with Crippen LogP contribution in [0.4, 0.5) is 0 Å². The Morgan fingerprint density at radius 2 is 0.579 bits per heavy atom. The van der Waals surface area contributed by atoms with Crippen LogP contribution in [0.15, 0.2) is 0 Å². The van der Waals surface area contributed by atoms with E-state index in [1.807, 2.05) is 0 Å². The van der Waals surface area contributed by atoms with Gasteiger partial charge in [0.25, 0.3) is 8.25 Å². The van der Waals surface area contributed by atoms with Gasteiger partial charge < -0.3 is 8.43 Å². The monoisotopic (exact) mass is 590 g/mol. The Hall–Kier alpha value is 0.584. The molecule has 0 unspecified atom stereocenters. The lowest BCUT2D eigenvalue weighted by molar-refractivity contribution is 0.413. The molecule has 0 atom stereocenters. The van der Waals surface area contributed by atoms with Crippen LogP contribution in [0.25, 0.3) is 0 Å². The van der Waals surface area contributed by atoms with Crippen molar-refractivity contribution in [3.8, 4) is 0 Å². The van der Waals surface area contributed by atoms with Crippen LogP contribution in [0.2, 0.25) is 24.2 Å². The van der Waals surface area contributed by atoms with Crippen molar-refractivity contribution in [2.75, 3.05) is 0 Å². The van der Waals surface area contributed by atoms with Gasteiger partial charge in [0, 0.05) is 0 Å². The fourth-order valence-corrected chi connectivity index (χ4v) is 13.8.